The van der Waals surface area contributed by atoms with E-state index in [1.807, 2.05) is 31.2 Å². The summed E-state index contributed by atoms with van der Waals surface area (Å²) in [6.45, 7) is 2.71. The van der Waals surface area contributed by atoms with Crippen LogP contribution in [0.25, 0.3) is 0 Å². The molecule has 0 atom stereocenters. The summed E-state index contributed by atoms with van der Waals surface area (Å²) in [7, 11) is 1.80. The molecule has 76 valence electrons. The van der Waals surface area contributed by atoms with Crippen molar-refractivity contribution in [1.29, 1.82) is 0 Å². The summed E-state index contributed by atoms with van der Waals surface area (Å²) in [5.74, 6) is 0.319. The first-order chi connectivity index (χ1) is 6.65. The fourth-order valence-corrected chi connectivity index (χ4v) is 1.49. The van der Waals surface area contributed by atoms with E-state index in [-0.39, 0.29) is 11.7 Å². The van der Waals surface area contributed by atoms with Crippen molar-refractivity contribution >= 4 is 18.5 Å². The van der Waals surface area contributed by atoms with E-state index in [9.17, 15) is 4.79 Å². The third kappa shape index (κ3) is 2.77. The molecular formula is C11H15NOS. The van der Waals surface area contributed by atoms with Gasteiger partial charge in [-0.1, -0.05) is 24.3 Å². The molecule has 0 spiro atoms. The minimum absolute atomic E-state index is 0.0524. The summed E-state index contributed by atoms with van der Waals surface area (Å²) in [6, 6.07) is 8.08. The fraction of sp³-hybridized carbons (Fsp3) is 0.364. The van der Waals surface area contributed by atoms with Crippen LogP contribution in [0, 0.1) is 6.92 Å². The molecule has 0 unspecified atom stereocenters. The van der Waals surface area contributed by atoms with Crippen LogP contribution >= 0.6 is 12.6 Å². The van der Waals surface area contributed by atoms with E-state index in [4.69, 9.17) is 0 Å². The van der Waals surface area contributed by atoms with E-state index < -0.39 is 0 Å². The predicted molar refractivity (Wildman–Crippen MR) is 61.5 cm³/mol. The lowest BCUT2D eigenvalue weighted by Crippen LogP contribution is -2.27. The van der Waals surface area contributed by atoms with Crippen LogP contribution in [-0.2, 0) is 11.3 Å². The highest BCUT2D eigenvalue weighted by Crippen LogP contribution is 2.09. The summed E-state index contributed by atoms with van der Waals surface area (Å²) >= 11 is 3.96. The van der Waals surface area contributed by atoms with Crippen molar-refractivity contribution in [1.82, 2.24) is 4.90 Å². The van der Waals surface area contributed by atoms with Crippen LogP contribution in [0.1, 0.15) is 11.1 Å². The van der Waals surface area contributed by atoms with Crippen LogP contribution in [0.3, 0.4) is 0 Å². The number of aryl methyl sites for hydroxylation is 1. The van der Waals surface area contributed by atoms with Gasteiger partial charge in [-0.05, 0) is 18.1 Å². The Kier molecular flexibility index (Phi) is 4.01. The fourth-order valence-electron chi connectivity index (χ4n) is 1.25. The molecule has 0 aliphatic heterocycles. The Morgan fingerprint density at radius 2 is 2.07 bits per heavy atom. The van der Waals surface area contributed by atoms with E-state index in [1.165, 1.54) is 11.1 Å². The van der Waals surface area contributed by atoms with Gasteiger partial charge in [-0.15, -0.1) is 0 Å². The average Bonchev–Trinajstić information content (AvgIpc) is 2.20. The van der Waals surface area contributed by atoms with Gasteiger partial charge < -0.3 is 4.90 Å². The third-order valence-electron chi connectivity index (χ3n) is 2.23. The number of hydrogen-bond donors (Lipinski definition) is 1. The third-order valence-corrected chi connectivity index (χ3v) is 2.50. The van der Waals surface area contributed by atoms with E-state index in [0.717, 1.165) is 0 Å². The first kappa shape index (κ1) is 11.1. The van der Waals surface area contributed by atoms with Crippen molar-refractivity contribution in [3.63, 3.8) is 0 Å². The second-order valence-electron chi connectivity index (χ2n) is 3.33. The predicted octanol–water partition coefficient (Wildman–Crippen LogP) is 1.88. The quantitative estimate of drug-likeness (QED) is 0.754. The Morgan fingerprint density at radius 1 is 1.43 bits per heavy atom. The second-order valence-corrected chi connectivity index (χ2v) is 3.65. The Bertz CT molecular complexity index is 325. The van der Waals surface area contributed by atoms with Crippen LogP contribution in [0.4, 0.5) is 0 Å². The van der Waals surface area contributed by atoms with Crippen LogP contribution in [-0.4, -0.2) is 23.6 Å². The van der Waals surface area contributed by atoms with Gasteiger partial charge in [-0.2, -0.15) is 12.6 Å². The molecule has 0 heterocycles. The van der Waals surface area contributed by atoms with Crippen molar-refractivity contribution in [3.05, 3.63) is 35.4 Å². The standard InChI is InChI=1S/C11H15NOS/c1-9-5-3-4-6-10(9)7-12(2)11(13)8-14/h3-6,14H,7-8H2,1-2H3. The van der Waals surface area contributed by atoms with Crippen LogP contribution in [0.15, 0.2) is 24.3 Å². The minimum atomic E-state index is 0.0524. The highest BCUT2D eigenvalue weighted by molar-refractivity contribution is 7.81. The van der Waals surface area contributed by atoms with Gasteiger partial charge in [0.2, 0.25) is 5.91 Å². The van der Waals surface area contributed by atoms with Gasteiger partial charge in [0.1, 0.15) is 0 Å². The van der Waals surface area contributed by atoms with Crippen molar-refractivity contribution in [3.8, 4) is 0 Å². The Labute approximate surface area is 90.3 Å². The SMILES string of the molecule is Cc1ccccc1CN(C)C(=O)CS. The first-order valence-corrected chi connectivity index (χ1v) is 5.17. The molecule has 0 N–H and O–H groups in total. The van der Waals surface area contributed by atoms with Crippen LogP contribution in [0.5, 0.6) is 0 Å². The molecule has 2 nitrogen and oxygen atoms in total. The summed E-state index contributed by atoms with van der Waals surface area (Å²) in [5.41, 5.74) is 2.40. The number of thiol groups is 1. The largest absolute Gasteiger partial charge is 0.341 e. The number of rotatable bonds is 3. The zero-order valence-corrected chi connectivity index (χ0v) is 9.42. The molecule has 0 aliphatic carbocycles. The van der Waals surface area contributed by atoms with Crippen molar-refractivity contribution in [2.75, 3.05) is 12.8 Å². The van der Waals surface area contributed by atoms with E-state index in [1.54, 1.807) is 11.9 Å². The van der Waals surface area contributed by atoms with E-state index in [0.29, 0.717) is 6.54 Å². The number of hydrogen-bond acceptors (Lipinski definition) is 2. The zero-order chi connectivity index (χ0) is 10.6. The monoisotopic (exact) mass is 209 g/mol. The Balaban J connectivity index is 2.69. The van der Waals surface area contributed by atoms with Crippen LogP contribution in [0.2, 0.25) is 0 Å². The molecule has 0 saturated heterocycles. The maximum absolute atomic E-state index is 11.3. The number of amides is 1. The van der Waals surface area contributed by atoms with Gasteiger partial charge in [0.05, 0.1) is 5.75 Å². The van der Waals surface area contributed by atoms with Gasteiger partial charge in [0, 0.05) is 13.6 Å². The van der Waals surface area contributed by atoms with Crippen molar-refractivity contribution < 1.29 is 4.79 Å². The summed E-state index contributed by atoms with van der Waals surface area (Å²) in [4.78, 5) is 13.0. The maximum atomic E-state index is 11.3. The summed E-state index contributed by atoms with van der Waals surface area (Å²) < 4.78 is 0. The molecule has 1 aromatic carbocycles. The average molecular weight is 209 g/mol. The molecular weight excluding hydrogens is 194 g/mol. The minimum Gasteiger partial charge on any atom is -0.341 e. The van der Waals surface area contributed by atoms with E-state index in [2.05, 4.69) is 12.6 Å². The van der Waals surface area contributed by atoms with Gasteiger partial charge in [0.15, 0.2) is 0 Å². The van der Waals surface area contributed by atoms with Gasteiger partial charge in [-0.3, -0.25) is 4.79 Å². The number of carbonyl (C=O) groups is 1. The molecule has 0 radical (unpaired) electrons. The second kappa shape index (κ2) is 5.05. The molecule has 1 aromatic rings. The lowest BCUT2D eigenvalue weighted by atomic mass is 10.1. The molecule has 14 heavy (non-hydrogen) atoms. The number of nitrogens with zero attached hydrogens (tertiary/aromatic N) is 1. The summed E-state index contributed by atoms with van der Waals surface area (Å²) in [5, 5.41) is 0. The molecule has 1 amide bonds. The molecule has 3 heteroatoms. The van der Waals surface area contributed by atoms with E-state index >= 15 is 0 Å². The lowest BCUT2D eigenvalue weighted by molar-refractivity contribution is -0.127. The number of carbonyl (C=O) groups excluding carboxylic acids is 1. The van der Waals surface area contributed by atoms with Crippen molar-refractivity contribution in [2.24, 2.45) is 0 Å². The highest BCUT2D eigenvalue weighted by Gasteiger charge is 2.07. The Morgan fingerprint density at radius 3 is 2.64 bits per heavy atom. The van der Waals surface area contributed by atoms with Gasteiger partial charge >= 0.3 is 0 Å². The maximum Gasteiger partial charge on any atom is 0.232 e. The highest BCUT2D eigenvalue weighted by atomic mass is 32.1. The molecule has 0 fully saturated rings. The topological polar surface area (TPSA) is 20.3 Å². The van der Waals surface area contributed by atoms with Crippen LogP contribution < -0.4 is 0 Å². The van der Waals surface area contributed by atoms with Gasteiger partial charge in [0.25, 0.3) is 0 Å². The molecule has 0 bridgehead atoms. The molecule has 0 saturated carbocycles. The Hall–Kier alpha value is -0.960. The van der Waals surface area contributed by atoms with Crippen molar-refractivity contribution in [2.45, 2.75) is 13.5 Å². The number of benzene rings is 1. The molecule has 1 rings (SSSR count). The van der Waals surface area contributed by atoms with Gasteiger partial charge in [-0.25, -0.2) is 0 Å². The smallest absolute Gasteiger partial charge is 0.232 e. The first-order valence-electron chi connectivity index (χ1n) is 4.54. The normalized spacial score (nSPS) is 9.93. The lowest BCUT2D eigenvalue weighted by Gasteiger charge is -2.17. The molecule has 0 aromatic heterocycles. The zero-order valence-electron chi connectivity index (χ0n) is 8.53. The summed E-state index contributed by atoms with van der Waals surface area (Å²) in [6.07, 6.45) is 0. The molecule has 0 aliphatic rings.